The van der Waals surface area contributed by atoms with E-state index in [1.165, 1.54) is 5.56 Å². The molecule has 1 aliphatic rings. The van der Waals surface area contributed by atoms with Crippen molar-refractivity contribution in [3.8, 4) is 28.7 Å². The van der Waals surface area contributed by atoms with Crippen molar-refractivity contribution in [2.75, 3.05) is 48.6 Å². The molecule has 0 radical (unpaired) electrons. The third-order valence-corrected chi connectivity index (χ3v) is 8.45. The van der Waals surface area contributed by atoms with Crippen molar-refractivity contribution in [3.63, 3.8) is 0 Å². The highest BCUT2D eigenvalue weighted by Crippen LogP contribution is 2.44. The van der Waals surface area contributed by atoms with Crippen LogP contribution in [0.3, 0.4) is 0 Å². The molecule has 6 rings (SSSR count). The molecule has 224 valence electrons. The van der Waals surface area contributed by atoms with Crippen LogP contribution in [-0.2, 0) is 19.4 Å². The molecule has 3 aromatic carbocycles. The average Bonchev–Trinajstić information content (AvgIpc) is 3.38. The minimum absolute atomic E-state index is 0.0320. The third-order valence-electron chi connectivity index (χ3n) is 8.45. The molecule has 5 aromatic rings. The number of methoxy groups -OCH3 is 5. The van der Waals surface area contributed by atoms with Crippen LogP contribution in [0.25, 0.3) is 21.9 Å². The second kappa shape index (κ2) is 11.9. The lowest BCUT2D eigenvalue weighted by Gasteiger charge is -2.38. The molecule has 2 aromatic heterocycles. The number of pyridine rings is 1. The summed E-state index contributed by atoms with van der Waals surface area (Å²) in [6.07, 6.45) is 3.26. The van der Waals surface area contributed by atoms with Gasteiger partial charge in [-0.3, -0.25) is 14.5 Å². The molecule has 1 N–H and O–H groups in total. The van der Waals surface area contributed by atoms with Crippen molar-refractivity contribution in [1.29, 1.82) is 0 Å². The molecule has 1 aliphatic heterocycles. The summed E-state index contributed by atoms with van der Waals surface area (Å²) in [6.45, 7) is 1.95. The van der Waals surface area contributed by atoms with Crippen molar-refractivity contribution in [2.45, 2.75) is 25.4 Å². The first-order valence-corrected chi connectivity index (χ1v) is 14.2. The fourth-order valence-corrected chi connectivity index (χ4v) is 6.32. The molecule has 1 atom stereocenters. The SMILES string of the molecule is COc1cc2c(cc1OC)C(Cc1ccc(OC)c(OC)c1OC)N(CCn1c(=O)[nH]c3c4ccccc4ncc31)CC2. The lowest BCUT2D eigenvalue weighted by atomic mass is 9.87. The summed E-state index contributed by atoms with van der Waals surface area (Å²) in [5, 5.41) is 0.933. The van der Waals surface area contributed by atoms with Gasteiger partial charge in [-0.05, 0) is 48.2 Å². The van der Waals surface area contributed by atoms with Crippen LogP contribution in [0.5, 0.6) is 28.7 Å². The quantitative estimate of drug-likeness (QED) is 0.251. The van der Waals surface area contributed by atoms with Gasteiger partial charge in [-0.25, -0.2) is 4.79 Å². The van der Waals surface area contributed by atoms with Crippen molar-refractivity contribution < 1.29 is 23.7 Å². The number of imidazole rings is 1. The van der Waals surface area contributed by atoms with Gasteiger partial charge in [0.05, 0.1) is 58.3 Å². The van der Waals surface area contributed by atoms with E-state index in [2.05, 4.69) is 27.0 Å². The lowest BCUT2D eigenvalue weighted by Crippen LogP contribution is -2.39. The number of ether oxygens (including phenoxy) is 5. The van der Waals surface area contributed by atoms with E-state index in [4.69, 9.17) is 23.7 Å². The molecular formula is C33H36N4O6. The Morgan fingerprint density at radius 3 is 2.35 bits per heavy atom. The van der Waals surface area contributed by atoms with E-state index in [9.17, 15) is 4.79 Å². The van der Waals surface area contributed by atoms with E-state index < -0.39 is 0 Å². The van der Waals surface area contributed by atoms with E-state index in [-0.39, 0.29) is 11.7 Å². The van der Waals surface area contributed by atoms with Gasteiger partial charge in [-0.2, -0.15) is 0 Å². The molecule has 0 aliphatic carbocycles. The molecular weight excluding hydrogens is 548 g/mol. The number of hydrogen-bond acceptors (Lipinski definition) is 8. The first-order chi connectivity index (χ1) is 21.0. The topological polar surface area (TPSA) is 100 Å². The fraction of sp³-hybridized carbons (Fsp3) is 0.333. The van der Waals surface area contributed by atoms with Crippen LogP contribution in [0.1, 0.15) is 22.7 Å². The van der Waals surface area contributed by atoms with Crippen LogP contribution < -0.4 is 29.4 Å². The number of nitrogens with zero attached hydrogens (tertiary/aromatic N) is 3. The number of para-hydroxylation sites is 1. The number of H-pyrrole nitrogens is 1. The molecule has 3 heterocycles. The van der Waals surface area contributed by atoms with Crippen LogP contribution in [0.15, 0.2) is 59.5 Å². The Hall–Kier alpha value is -4.70. The summed E-state index contributed by atoms with van der Waals surface area (Å²) in [7, 11) is 8.17. The van der Waals surface area contributed by atoms with Gasteiger partial charge in [-0.1, -0.05) is 24.3 Å². The zero-order chi connectivity index (χ0) is 30.1. The standard InChI is InChI=1S/C33H36N4O6/c1-39-27-11-10-21(31(42-4)32(27)43-5)16-25-23-18-29(41-3)28(40-2)17-20(23)12-13-36(25)14-15-37-26-19-34-24-9-7-6-8-22(24)30(26)35-33(37)38/h6-11,17-19,25H,12-16H2,1-5H3,(H,35,38). The summed E-state index contributed by atoms with van der Waals surface area (Å²) in [6, 6.07) is 15.9. The number of fused-ring (bicyclic) bond motifs is 4. The van der Waals surface area contributed by atoms with Crippen LogP contribution in [-0.4, -0.2) is 68.1 Å². The molecule has 0 saturated heterocycles. The van der Waals surface area contributed by atoms with Crippen molar-refractivity contribution >= 4 is 21.9 Å². The number of rotatable bonds is 10. The highest BCUT2D eigenvalue weighted by molar-refractivity contribution is 6.01. The van der Waals surface area contributed by atoms with Gasteiger partial charge in [-0.15, -0.1) is 0 Å². The highest BCUT2D eigenvalue weighted by atomic mass is 16.5. The molecule has 0 bridgehead atoms. The number of aromatic nitrogens is 3. The molecule has 0 fully saturated rings. The predicted octanol–water partition coefficient (Wildman–Crippen LogP) is 4.76. The molecule has 1 unspecified atom stereocenters. The second-order valence-corrected chi connectivity index (χ2v) is 10.5. The average molecular weight is 585 g/mol. The summed E-state index contributed by atoms with van der Waals surface area (Å²) < 4.78 is 30.2. The smallest absolute Gasteiger partial charge is 0.326 e. The zero-order valence-electron chi connectivity index (χ0n) is 25.1. The molecule has 0 amide bonds. The Morgan fingerprint density at radius 2 is 1.60 bits per heavy atom. The summed E-state index contributed by atoms with van der Waals surface area (Å²) >= 11 is 0. The molecule has 0 spiro atoms. The first-order valence-electron chi connectivity index (χ1n) is 14.2. The van der Waals surface area contributed by atoms with E-state index >= 15 is 0 Å². The highest BCUT2D eigenvalue weighted by Gasteiger charge is 2.31. The van der Waals surface area contributed by atoms with Gasteiger partial charge in [0.1, 0.15) is 0 Å². The van der Waals surface area contributed by atoms with Crippen LogP contribution >= 0.6 is 0 Å². The first kappa shape index (κ1) is 28.4. The zero-order valence-corrected chi connectivity index (χ0v) is 25.1. The van der Waals surface area contributed by atoms with Gasteiger partial charge in [0, 0.05) is 36.6 Å². The Labute approximate surface area is 249 Å². The number of hydrogen-bond donors (Lipinski definition) is 1. The molecule has 43 heavy (non-hydrogen) atoms. The maximum absolute atomic E-state index is 13.2. The maximum Gasteiger partial charge on any atom is 0.326 e. The molecule has 10 nitrogen and oxygen atoms in total. The maximum atomic E-state index is 13.2. The minimum atomic E-state index is -0.143. The van der Waals surface area contributed by atoms with Crippen LogP contribution in [0, 0.1) is 0 Å². The molecule has 10 heteroatoms. The van der Waals surface area contributed by atoms with Gasteiger partial charge < -0.3 is 28.7 Å². The van der Waals surface area contributed by atoms with E-state index in [1.54, 1.807) is 46.3 Å². The lowest BCUT2D eigenvalue weighted by molar-refractivity contribution is 0.175. The fourth-order valence-electron chi connectivity index (χ4n) is 6.32. The van der Waals surface area contributed by atoms with Crippen molar-refractivity contribution in [3.05, 3.63) is 81.9 Å². The largest absolute Gasteiger partial charge is 0.493 e. The summed E-state index contributed by atoms with van der Waals surface area (Å²) in [4.78, 5) is 23.3. The second-order valence-electron chi connectivity index (χ2n) is 10.5. The Bertz CT molecular complexity index is 1850. The Balaban J connectivity index is 1.39. The monoisotopic (exact) mass is 584 g/mol. The predicted molar refractivity (Wildman–Crippen MR) is 165 cm³/mol. The normalized spacial score (nSPS) is 15.0. The van der Waals surface area contributed by atoms with Crippen molar-refractivity contribution in [1.82, 2.24) is 19.4 Å². The summed E-state index contributed by atoms with van der Waals surface area (Å²) in [5.41, 5.74) is 5.66. The molecule has 0 saturated carbocycles. The number of benzene rings is 3. The third kappa shape index (κ3) is 5.01. The van der Waals surface area contributed by atoms with Gasteiger partial charge >= 0.3 is 5.69 Å². The van der Waals surface area contributed by atoms with Crippen molar-refractivity contribution in [2.24, 2.45) is 0 Å². The van der Waals surface area contributed by atoms with Gasteiger partial charge in [0.25, 0.3) is 0 Å². The Kier molecular flexibility index (Phi) is 7.86. The summed E-state index contributed by atoms with van der Waals surface area (Å²) in [5.74, 6) is 3.19. The Morgan fingerprint density at radius 1 is 0.860 bits per heavy atom. The van der Waals surface area contributed by atoms with Crippen LogP contribution in [0.4, 0.5) is 0 Å². The number of nitrogens with one attached hydrogen (secondary N) is 1. The van der Waals surface area contributed by atoms with Gasteiger partial charge in [0.2, 0.25) is 5.75 Å². The number of aromatic amines is 1. The van der Waals surface area contributed by atoms with Gasteiger partial charge in [0.15, 0.2) is 23.0 Å². The van der Waals surface area contributed by atoms with Crippen LogP contribution in [0.2, 0.25) is 0 Å². The van der Waals surface area contributed by atoms with E-state index in [0.717, 1.165) is 46.0 Å². The van der Waals surface area contributed by atoms with E-state index in [0.29, 0.717) is 48.3 Å². The van der Waals surface area contributed by atoms with E-state index in [1.807, 2.05) is 36.4 Å². The minimum Gasteiger partial charge on any atom is -0.493 e.